The van der Waals surface area contributed by atoms with Gasteiger partial charge in [0.25, 0.3) is 5.91 Å². The summed E-state index contributed by atoms with van der Waals surface area (Å²) in [6, 6.07) is 23.8. The largest absolute Gasteiger partial charge is 0.503 e. The average molecular weight is 442 g/mol. The van der Waals surface area contributed by atoms with E-state index in [-0.39, 0.29) is 17.8 Å². The van der Waals surface area contributed by atoms with Crippen molar-refractivity contribution in [2.45, 2.75) is 32.7 Å². The smallest absolute Gasteiger partial charge is 0.294 e. The van der Waals surface area contributed by atoms with E-state index in [0.29, 0.717) is 24.5 Å². The Labute approximate surface area is 193 Å². The second-order valence-electron chi connectivity index (χ2n) is 8.09. The molecular formula is C28H27NO4. The van der Waals surface area contributed by atoms with Crippen LogP contribution in [0.2, 0.25) is 0 Å². The average Bonchev–Trinajstić information content (AvgIpc) is 3.09. The summed E-state index contributed by atoms with van der Waals surface area (Å²) in [5, 5.41) is 10.8. The van der Waals surface area contributed by atoms with E-state index >= 15 is 0 Å². The molecule has 5 nitrogen and oxygen atoms in total. The van der Waals surface area contributed by atoms with Crippen LogP contribution in [0.5, 0.6) is 5.75 Å². The van der Waals surface area contributed by atoms with Crippen LogP contribution in [0.15, 0.2) is 90.2 Å². The number of aliphatic hydroxyl groups is 1. The number of amides is 1. The van der Waals surface area contributed by atoms with Crippen molar-refractivity contribution >= 4 is 17.4 Å². The van der Waals surface area contributed by atoms with Crippen LogP contribution in [-0.4, -0.2) is 23.4 Å². The number of anilines is 1. The zero-order chi connectivity index (χ0) is 23.4. The van der Waals surface area contributed by atoms with Gasteiger partial charge in [0.05, 0.1) is 18.2 Å². The molecule has 1 unspecified atom stereocenters. The molecule has 4 rings (SSSR count). The molecule has 1 aliphatic rings. The van der Waals surface area contributed by atoms with Gasteiger partial charge >= 0.3 is 0 Å². The molecule has 1 aliphatic heterocycles. The zero-order valence-corrected chi connectivity index (χ0v) is 18.8. The molecule has 0 aliphatic carbocycles. The molecule has 33 heavy (non-hydrogen) atoms. The first-order chi connectivity index (χ1) is 16.0. The Kier molecular flexibility index (Phi) is 6.59. The molecule has 0 spiro atoms. The summed E-state index contributed by atoms with van der Waals surface area (Å²) in [6.45, 7) is 4.39. The maximum atomic E-state index is 13.4. The predicted octanol–water partition coefficient (Wildman–Crippen LogP) is 5.50. The van der Waals surface area contributed by atoms with Gasteiger partial charge in [-0.1, -0.05) is 54.6 Å². The number of carbonyl (C=O) groups excluding carboxylic acids is 2. The highest BCUT2D eigenvalue weighted by Crippen LogP contribution is 2.42. The van der Waals surface area contributed by atoms with Crippen LogP contribution in [-0.2, 0) is 16.0 Å². The Balaban J connectivity index is 1.72. The van der Waals surface area contributed by atoms with Crippen molar-refractivity contribution in [3.05, 3.63) is 107 Å². The molecule has 3 aromatic carbocycles. The van der Waals surface area contributed by atoms with E-state index in [2.05, 4.69) is 0 Å². The standard InChI is InChI=1S/C28H27NO4/c1-3-33-23-15-13-21(14-16-23)26-25(24(30)17-12-20-9-5-4-6-10-20)27(31)28(32)29(26)22-11-7-8-19(2)18-22/h4-11,13-16,18,26,31H,3,12,17H2,1-2H3. The molecule has 0 saturated heterocycles. The Morgan fingerprint density at radius 2 is 1.73 bits per heavy atom. The highest BCUT2D eigenvalue weighted by atomic mass is 16.5. The van der Waals surface area contributed by atoms with Gasteiger partial charge in [-0.25, -0.2) is 0 Å². The van der Waals surface area contributed by atoms with Gasteiger partial charge in [-0.05, 0) is 61.2 Å². The molecule has 1 atom stereocenters. The summed E-state index contributed by atoms with van der Waals surface area (Å²) in [5.41, 5.74) is 3.52. The first-order valence-electron chi connectivity index (χ1n) is 11.1. The minimum atomic E-state index is -0.710. The van der Waals surface area contributed by atoms with E-state index in [0.717, 1.165) is 16.7 Å². The summed E-state index contributed by atoms with van der Waals surface area (Å²) >= 11 is 0. The van der Waals surface area contributed by atoms with Crippen LogP contribution in [0, 0.1) is 6.92 Å². The molecule has 0 radical (unpaired) electrons. The van der Waals surface area contributed by atoms with E-state index in [1.807, 2.05) is 92.7 Å². The van der Waals surface area contributed by atoms with Crippen LogP contribution in [0.25, 0.3) is 0 Å². The van der Waals surface area contributed by atoms with Gasteiger partial charge in [0.1, 0.15) is 5.75 Å². The number of aliphatic hydroxyl groups excluding tert-OH is 1. The number of Topliss-reactive ketones (excluding diaryl/α,β-unsaturated/α-hetero) is 1. The summed E-state index contributed by atoms with van der Waals surface area (Å²) in [6.07, 6.45) is 0.733. The highest BCUT2D eigenvalue weighted by Gasteiger charge is 2.44. The van der Waals surface area contributed by atoms with Gasteiger partial charge in [-0.2, -0.15) is 0 Å². The fourth-order valence-electron chi connectivity index (χ4n) is 4.20. The lowest BCUT2D eigenvalue weighted by Gasteiger charge is -2.27. The predicted molar refractivity (Wildman–Crippen MR) is 128 cm³/mol. The van der Waals surface area contributed by atoms with Gasteiger partial charge in [0, 0.05) is 12.1 Å². The van der Waals surface area contributed by atoms with E-state index in [1.165, 1.54) is 4.90 Å². The number of aryl methyl sites for hydroxylation is 2. The van der Waals surface area contributed by atoms with Gasteiger partial charge < -0.3 is 9.84 Å². The number of hydrogen-bond donors (Lipinski definition) is 1. The van der Waals surface area contributed by atoms with Crippen molar-refractivity contribution in [3.8, 4) is 5.75 Å². The first-order valence-corrected chi connectivity index (χ1v) is 11.1. The fourth-order valence-corrected chi connectivity index (χ4v) is 4.20. The van der Waals surface area contributed by atoms with E-state index < -0.39 is 17.7 Å². The zero-order valence-electron chi connectivity index (χ0n) is 18.8. The number of benzene rings is 3. The van der Waals surface area contributed by atoms with Crippen LogP contribution >= 0.6 is 0 Å². The topological polar surface area (TPSA) is 66.8 Å². The molecule has 168 valence electrons. The second-order valence-corrected chi connectivity index (χ2v) is 8.09. The number of rotatable bonds is 8. The van der Waals surface area contributed by atoms with Gasteiger partial charge in [-0.15, -0.1) is 0 Å². The lowest BCUT2D eigenvalue weighted by atomic mass is 9.93. The molecular weight excluding hydrogens is 414 g/mol. The summed E-state index contributed by atoms with van der Waals surface area (Å²) in [7, 11) is 0. The fraction of sp³-hybridized carbons (Fsp3) is 0.214. The van der Waals surface area contributed by atoms with Crippen molar-refractivity contribution in [1.82, 2.24) is 0 Å². The van der Waals surface area contributed by atoms with Crippen LogP contribution in [0.3, 0.4) is 0 Å². The molecule has 0 bridgehead atoms. The van der Waals surface area contributed by atoms with Gasteiger partial charge in [-0.3, -0.25) is 14.5 Å². The molecule has 1 amide bonds. The molecule has 1 N–H and O–H groups in total. The molecule has 3 aromatic rings. The Morgan fingerprint density at radius 3 is 2.39 bits per heavy atom. The molecule has 5 heteroatoms. The summed E-state index contributed by atoms with van der Waals surface area (Å²) in [4.78, 5) is 28.1. The number of carbonyl (C=O) groups is 2. The van der Waals surface area contributed by atoms with Crippen molar-refractivity contribution in [1.29, 1.82) is 0 Å². The molecule has 0 fully saturated rings. The monoisotopic (exact) mass is 441 g/mol. The maximum Gasteiger partial charge on any atom is 0.294 e. The Bertz CT molecular complexity index is 1180. The first kappa shape index (κ1) is 22.3. The Morgan fingerprint density at radius 1 is 1.00 bits per heavy atom. The number of ether oxygens (including phenoxy) is 1. The van der Waals surface area contributed by atoms with Crippen molar-refractivity contribution in [2.24, 2.45) is 0 Å². The summed E-state index contributed by atoms with van der Waals surface area (Å²) in [5.74, 6) is -0.576. The normalized spacial score (nSPS) is 15.8. The van der Waals surface area contributed by atoms with E-state index in [4.69, 9.17) is 4.74 Å². The SMILES string of the molecule is CCOc1ccc(C2C(C(=O)CCc3ccccc3)=C(O)C(=O)N2c2cccc(C)c2)cc1. The maximum absolute atomic E-state index is 13.4. The minimum Gasteiger partial charge on any atom is -0.503 e. The van der Waals surface area contributed by atoms with Crippen LogP contribution < -0.4 is 9.64 Å². The number of ketones is 1. The minimum absolute atomic E-state index is 0.140. The molecule has 0 aromatic heterocycles. The van der Waals surface area contributed by atoms with Crippen LogP contribution in [0.4, 0.5) is 5.69 Å². The second kappa shape index (κ2) is 9.74. The van der Waals surface area contributed by atoms with Crippen molar-refractivity contribution < 1.29 is 19.4 Å². The summed E-state index contributed by atoms with van der Waals surface area (Å²) < 4.78 is 5.55. The third-order valence-corrected chi connectivity index (χ3v) is 5.78. The van der Waals surface area contributed by atoms with Crippen molar-refractivity contribution in [3.63, 3.8) is 0 Å². The third kappa shape index (κ3) is 4.67. The van der Waals surface area contributed by atoms with E-state index in [1.54, 1.807) is 0 Å². The number of nitrogens with zero attached hydrogens (tertiary/aromatic N) is 1. The lowest BCUT2D eigenvalue weighted by Crippen LogP contribution is -2.31. The van der Waals surface area contributed by atoms with Crippen LogP contribution in [0.1, 0.15) is 36.1 Å². The van der Waals surface area contributed by atoms with Gasteiger partial charge in [0.15, 0.2) is 11.5 Å². The highest BCUT2D eigenvalue weighted by molar-refractivity contribution is 6.16. The van der Waals surface area contributed by atoms with Crippen molar-refractivity contribution in [2.75, 3.05) is 11.5 Å². The third-order valence-electron chi connectivity index (χ3n) is 5.78. The lowest BCUT2D eigenvalue weighted by molar-refractivity contribution is -0.118. The number of hydrogen-bond acceptors (Lipinski definition) is 4. The van der Waals surface area contributed by atoms with E-state index in [9.17, 15) is 14.7 Å². The molecule has 0 saturated carbocycles. The quantitative estimate of drug-likeness (QED) is 0.502. The molecule has 1 heterocycles. The van der Waals surface area contributed by atoms with Gasteiger partial charge in [0.2, 0.25) is 0 Å². The Hall–Kier alpha value is -3.86.